The third-order valence-corrected chi connectivity index (χ3v) is 32.9. The number of sulfonamides is 5. The zero-order valence-electron chi connectivity index (χ0n) is 58.6. The number of nitrogens with zero attached hydrogens (tertiary/aromatic N) is 5. The lowest BCUT2D eigenvalue weighted by molar-refractivity contribution is 0.578. The zero-order valence-corrected chi connectivity index (χ0v) is 69.1. The maximum atomic E-state index is 12.5. The molecule has 0 aliphatic carbocycles. The van der Waals surface area contributed by atoms with E-state index in [9.17, 15) is 42.1 Å². The quantitative estimate of drug-likeness (QED) is 0.0476. The number of hydrogen-bond acceptors (Lipinski definition) is 20. The summed E-state index contributed by atoms with van der Waals surface area (Å²) in [5, 5.41) is 1.76. The van der Waals surface area contributed by atoms with Gasteiger partial charge in [0.25, 0.3) is 50.1 Å². The fourth-order valence-electron chi connectivity index (χ4n) is 12.7. The Labute approximate surface area is 657 Å². The van der Waals surface area contributed by atoms with E-state index in [1.165, 1.54) is 64.3 Å². The average Bonchev–Trinajstić information content (AvgIpc) is 1.39. The van der Waals surface area contributed by atoms with E-state index < -0.39 is 50.1 Å². The van der Waals surface area contributed by atoms with Crippen LogP contribution in [0.1, 0.15) is 86.8 Å². The van der Waals surface area contributed by atoms with Crippen LogP contribution in [-0.2, 0) is 50.1 Å². The summed E-state index contributed by atoms with van der Waals surface area (Å²) in [6, 6.07) is 54.7. The summed E-state index contributed by atoms with van der Waals surface area (Å²) in [7, 11) is -17.6. The highest BCUT2D eigenvalue weighted by atomic mass is 79.9. The molecule has 32 heteroatoms. The Kier molecular flexibility index (Phi) is 28.0. The van der Waals surface area contributed by atoms with Gasteiger partial charge in [-0.2, -0.15) is 0 Å². The molecule has 106 heavy (non-hydrogen) atoms. The van der Waals surface area contributed by atoms with E-state index >= 15 is 0 Å². The highest BCUT2D eigenvalue weighted by Gasteiger charge is 2.27. The van der Waals surface area contributed by atoms with Gasteiger partial charge in [-0.3, -0.25) is 23.6 Å². The number of halogens is 2. The van der Waals surface area contributed by atoms with E-state index in [1.807, 2.05) is 141 Å². The maximum Gasteiger partial charge on any atom is 0.271 e. The molecule has 5 aliphatic heterocycles. The summed E-state index contributed by atoms with van der Waals surface area (Å²) in [4.78, 5) is 13.2. The van der Waals surface area contributed by atoms with E-state index in [4.69, 9.17) is 11.6 Å². The second kappa shape index (κ2) is 37.0. The van der Waals surface area contributed by atoms with E-state index in [2.05, 4.69) is 64.0 Å². The van der Waals surface area contributed by atoms with Gasteiger partial charge in [0.15, 0.2) is 0 Å². The molecule has 5 aromatic heterocycles. The van der Waals surface area contributed by atoms with E-state index in [1.54, 1.807) is 53.9 Å². The largest absolute Gasteiger partial charge is 0.370 e. The normalized spacial score (nSPS) is 15.6. The minimum Gasteiger partial charge on any atom is -0.370 e. The van der Waals surface area contributed by atoms with Gasteiger partial charge in [0, 0.05) is 75.2 Å². The van der Waals surface area contributed by atoms with Crippen molar-refractivity contribution in [3.05, 3.63) is 205 Å². The first-order valence-corrected chi connectivity index (χ1v) is 47.7. The Morgan fingerprint density at radius 2 is 0.547 bits per heavy atom. The number of nitrogens with one attached hydrogen (secondary N) is 5. The van der Waals surface area contributed by atoms with Crippen LogP contribution in [0.25, 0.3) is 0 Å². The van der Waals surface area contributed by atoms with Crippen molar-refractivity contribution in [2.45, 2.75) is 112 Å². The minimum atomic E-state index is -3.59. The van der Waals surface area contributed by atoms with Crippen LogP contribution in [0.3, 0.4) is 0 Å². The van der Waals surface area contributed by atoms with Crippen LogP contribution in [0, 0.1) is 13.8 Å². The average molecular weight is 1710 g/mol. The molecule has 10 aromatic rings. The zero-order chi connectivity index (χ0) is 74.9. The van der Waals surface area contributed by atoms with Crippen LogP contribution >= 0.6 is 84.2 Å². The standard InChI is InChI=1S/C16H20N2O2S2.C15H17BrN2O2S2.C15H18N2O2S2.C14H15ClN2O2S2.C14H16N2O2S2/c1-13-9-10-16(21-13)22(19,20)17-14-7-3-4-8-15(14)18-11-5-2-6-12-18;16-14-8-9-15(21-14)22(19,20)17-12-6-2-3-7-13(12)18-10-4-1-5-11-18;1-12-8-9-15(20-12)21(18,19)16-13-6-2-3-7-14(13)17-10-4-5-11-17;15-13-7-8-14(20-13)21(18,19)16-11-5-1-2-6-12(11)17-9-3-4-10-17;17-20(18,14-8-5-11-19-14)15-12-6-1-2-7-13(12)16-9-3-4-10-16/h3-4,7-10,17H,2,5-6,11-12H2,1H3;2-3,6-9,17H,1,4-5,10-11H2;2-3,6-9,16H,4-5,10-11H2,1H3;1-2,5-8,16H,3-4,9-10H2;1-2,5-8,11,15H,3-4,9-10H2. The lowest BCUT2D eigenvalue weighted by Crippen LogP contribution is -2.30. The molecule has 5 N–H and O–H groups in total. The van der Waals surface area contributed by atoms with Gasteiger partial charge in [-0.15, -0.1) is 56.7 Å². The van der Waals surface area contributed by atoms with Crippen LogP contribution in [0.15, 0.2) is 212 Å². The van der Waals surface area contributed by atoms with Crippen molar-refractivity contribution in [1.82, 2.24) is 0 Å². The molecule has 0 atom stereocenters. The van der Waals surface area contributed by atoms with Crippen molar-refractivity contribution in [2.24, 2.45) is 0 Å². The molecule has 15 rings (SSSR count). The van der Waals surface area contributed by atoms with Crippen molar-refractivity contribution in [3.8, 4) is 0 Å². The van der Waals surface area contributed by atoms with E-state index in [0.717, 1.165) is 183 Å². The second-order valence-corrected chi connectivity index (χ2v) is 42.8. The van der Waals surface area contributed by atoms with Gasteiger partial charge in [0.1, 0.15) is 21.0 Å². The van der Waals surface area contributed by atoms with Gasteiger partial charge in [-0.1, -0.05) is 78.3 Å². The number of thiophene rings is 5. The van der Waals surface area contributed by atoms with Gasteiger partial charge >= 0.3 is 0 Å². The first-order chi connectivity index (χ1) is 50.9. The smallest absolute Gasteiger partial charge is 0.271 e. The Hall–Kier alpha value is -6.88. The van der Waals surface area contributed by atoms with E-state index in [0.29, 0.717) is 49.6 Å². The number of anilines is 10. The van der Waals surface area contributed by atoms with E-state index in [-0.39, 0.29) is 4.21 Å². The minimum absolute atomic E-state index is 0.226. The first-order valence-electron chi connectivity index (χ1n) is 34.9. The van der Waals surface area contributed by atoms with Crippen LogP contribution < -0.4 is 48.1 Å². The molecule has 5 saturated heterocycles. The Bertz CT molecular complexity index is 4870. The van der Waals surface area contributed by atoms with Crippen molar-refractivity contribution in [3.63, 3.8) is 0 Å². The molecule has 20 nitrogen and oxygen atoms in total. The summed E-state index contributed by atoms with van der Waals surface area (Å²) >= 11 is 15.2. The SMILES string of the molecule is Cc1ccc(S(=O)(=O)Nc2ccccc2N2CCCC2)s1.Cc1ccc(S(=O)(=O)Nc2ccccc2N2CCCCC2)s1.O=S(=O)(Nc1ccccc1N1CCCC1)c1ccc(Cl)s1.O=S(=O)(Nc1ccccc1N1CCCC1)c1cccs1.O=S(=O)(Nc1ccccc1N1CCCCC1)c1ccc(Br)s1. The Morgan fingerprint density at radius 1 is 0.292 bits per heavy atom. The molecular formula is C74H86BrClN10O10S10. The van der Waals surface area contributed by atoms with Gasteiger partial charge in [0.05, 0.1) is 65.0 Å². The van der Waals surface area contributed by atoms with Crippen molar-refractivity contribution >= 4 is 191 Å². The fourth-order valence-corrected chi connectivity index (χ4v) is 25.1. The number of piperidine rings is 2. The molecule has 5 aromatic carbocycles. The van der Waals surface area contributed by atoms with Crippen LogP contribution in [0.4, 0.5) is 56.9 Å². The Balaban J connectivity index is 0.000000132. The molecule has 0 spiro atoms. The Morgan fingerprint density at radius 3 is 0.792 bits per heavy atom. The maximum absolute atomic E-state index is 12.5. The number of rotatable bonds is 20. The summed E-state index contributed by atoms with van der Waals surface area (Å²) in [6.07, 6.45) is 14.0. The summed E-state index contributed by atoms with van der Waals surface area (Å²) in [5.74, 6) is 0. The van der Waals surface area contributed by atoms with Crippen molar-refractivity contribution in [1.29, 1.82) is 0 Å². The van der Waals surface area contributed by atoms with Gasteiger partial charge in [-0.25, -0.2) is 42.1 Å². The molecule has 0 amide bonds. The predicted octanol–water partition coefficient (Wildman–Crippen LogP) is 18.6. The topological polar surface area (TPSA) is 247 Å². The number of hydrogen-bond donors (Lipinski definition) is 5. The predicted molar refractivity (Wildman–Crippen MR) is 447 cm³/mol. The lowest BCUT2D eigenvalue weighted by atomic mass is 10.1. The molecule has 0 radical (unpaired) electrons. The first kappa shape index (κ1) is 80.1. The van der Waals surface area contributed by atoms with Crippen LogP contribution in [-0.4, -0.2) is 108 Å². The molecule has 0 unspecified atom stereocenters. The van der Waals surface area contributed by atoms with Crippen molar-refractivity contribution in [2.75, 3.05) is 114 Å². The second-order valence-electron chi connectivity index (χ2n) is 25.6. The monoisotopic (exact) mass is 1710 g/mol. The third-order valence-electron chi connectivity index (χ3n) is 17.8. The highest BCUT2D eigenvalue weighted by molar-refractivity contribution is 9.11. The fraction of sp³-hybridized carbons (Fsp3) is 0.324. The molecule has 10 heterocycles. The van der Waals surface area contributed by atoms with Crippen LogP contribution in [0.5, 0.6) is 0 Å². The number of para-hydroxylation sites is 10. The lowest BCUT2D eigenvalue weighted by Gasteiger charge is -2.30. The number of aryl methyl sites for hydroxylation is 2. The molecule has 566 valence electrons. The number of benzene rings is 5. The molecule has 0 saturated carbocycles. The van der Waals surface area contributed by atoms with Gasteiger partial charge in [0.2, 0.25) is 0 Å². The molecule has 0 bridgehead atoms. The summed E-state index contributed by atoms with van der Waals surface area (Å²) in [6.45, 7) is 13.6. The summed E-state index contributed by atoms with van der Waals surface area (Å²) < 4.78 is 141. The molecule has 5 fully saturated rings. The van der Waals surface area contributed by atoms with Crippen molar-refractivity contribution < 1.29 is 42.1 Å². The highest BCUT2D eigenvalue weighted by Crippen LogP contribution is 2.38. The molecular weight excluding hydrogens is 1620 g/mol. The van der Waals surface area contributed by atoms with Gasteiger partial charge < -0.3 is 24.5 Å². The summed E-state index contributed by atoms with van der Waals surface area (Å²) in [5.41, 5.74) is 8.03. The third kappa shape index (κ3) is 21.7. The van der Waals surface area contributed by atoms with Gasteiger partial charge in [-0.05, 0) is 227 Å². The molecule has 5 aliphatic rings. The van der Waals surface area contributed by atoms with Crippen LogP contribution in [0.2, 0.25) is 4.34 Å².